The first-order chi connectivity index (χ1) is 9.37. The predicted molar refractivity (Wildman–Crippen MR) is 68.4 cm³/mol. The molecule has 1 saturated heterocycles. The summed E-state index contributed by atoms with van der Waals surface area (Å²) in [5, 5.41) is 0. The number of aliphatic imine (C=N–C) groups is 1. The molecule has 0 aromatic rings. The first-order valence-electron chi connectivity index (χ1n) is 6.05. The Labute approximate surface area is 115 Å². The van der Waals surface area contributed by atoms with Gasteiger partial charge in [-0.2, -0.15) is 8.42 Å². The molecule has 0 N–H and O–H groups in total. The smallest absolute Gasteiger partial charge is 0.266 e. The molecule has 1 fully saturated rings. The summed E-state index contributed by atoms with van der Waals surface area (Å²) in [7, 11) is -3.59. The molecule has 9 heteroatoms. The lowest BCUT2D eigenvalue weighted by molar-refractivity contribution is -0.135. The maximum absolute atomic E-state index is 12.0. The van der Waals surface area contributed by atoms with Crippen molar-refractivity contribution in [2.75, 3.05) is 19.4 Å². The van der Waals surface area contributed by atoms with Crippen LogP contribution in [0.15, 0.2) is 17.1 Å². The number of amides is 2. The van der Waals surface area contributed by atoms with Crippen molar-refractivity contribution >= 4 is 28.1 Å². The normalized spacial score (nSPS) is 31.9. The van der Waals surface area contributed by atoms with E-state index in [1.807, 2.05) is 0 Å². The Balaban J connectivity index is 1.88. The van der Waals surface area contributed by atoms with E-state index < -0.39 is 22.3 Å². The summed E-state index contributed by atoms with van der Waals surface area (Å²) in [4.78, 5) is 30.9. The zero-order valence-electron chi connectivity index (χ0n) is 10.7. The molecule has 3 aliphatic heterocycles. The third kappa shape index (κ3) is 2.12. The van der Waals surface area contributed by atoms with Crippen LogP contribution in [0.2, 0.25) is 0 Å². The van der Waals surface area contributed by atoms with E-state index in [0.717, 1.165) is 6.26 Å². The number of hydrogen-bond donors (Lipinski definition) is 0. The summed E-state index contributed by atoms with van der Waals surface area (Å²) < 4.78 is 26.9. The number of hydrogen-bond acceptors (Lipinski definition) is 6. The monoisotopic (exact) mass is 299 g/mol. The highest BCUT2D eigenvalue weighted by molar-refractivity contribution is 7.85. The number of carbonyl (C=O) groups excluding carboxylic acids is 2. The molecular weight excluding hydrogens is 286 g/mol. The fraction of sp³-hybridized carbons (Fsp3) is 0.545. The van der Waals surface area contributed by atoms with Crippen molar-refractivity contribution in [3.8, 4) is 0 Å². The molecule has 108 valence electrons. The summed E-state index contributed by atoms with van der Waals surface area (Å²) in [6.07, 6.45) is 4.76. The predicted octanol–water partition coefficient (Wildman–Crippen LogP) is -1.65. The fourth-order valence-corrected chi connectivity index (χ4v) is 3.13. The molecule has 0 radical (unpaired) electrons. The Morgan fingerprint density at radius 3 is 2.85 bits per heavy atom. The molecule has 0 aliphatic carbocycles. The van der Waals surface area contributed by atoms with Crippen LogP contribution >= 0.6 is 0 Å². The van der Waals surface area contributed by atoms with Crippen molar-refractivity contribution in [3.63, 3.8) is 0 Å². The molecule has 3 heterocycles. The van der Waals surface area contributed by atoms with Crippen LogP contribution in [-0.4, -0.2) is 73.9 Å². The van der Waals surface area contributed by atoms with Crippen molar-refractivity contribution in [2.45, 2.75) is 18.2 Å². The molecule has 3 unspecified atom stereocenters. The second-order valence-electron chi connectivity index (χ2n) is 4.92. The van der Waals surface area contributed by atoms with Gasteiger partial charge in [-0.1, -0.05) is 6.08 Å². The number of carbonyl (C=O) groups is 2. The van der Waals surface area contributed by atoms with Gasteiger partial charge < -0.3 is 9.80 Å². The first-order valence-corrected chi connectivity index (χ1v) is 7.87. The van der Waals surface area contributed by atoms with E-state index in [2.05, 4.69) is 4.99 Å². The lowest BCUT2D eigenvalue weighted by Gasteiger charge is -2.37. The summed E-state index contributed by atoms with van der Waals surface area (Å²) in [6.45, 7) is 0.0837. The number of rotatable bonds is 3. The van der Waals surface area contributed by atoms with Crippen LogP contribution < -0.4 is 0 Å². The van der Waals surface area contributed by atoms with Crippen molar-refractivity contribution in [1.82, 2.24) is 9.80 Å². The SMILES string of the molecule is CS(=O)(=O)OCC1CN2C(=O)C=CC3N=CC(=O)N1C32. The third-order valence-electron chi connectivity index (χ3n) is 3.52. The maximum atomic E-state index is 12.0. The van der Waals surface area contributed by atoms with Crippen LogP contribution in [0, 0.1) is 0 Å². The molecule has 8 nitrogen and oxygen atoms in total. The van der Waals surface area contributed by atoms with Crippen molar-refractivity contribution in [2.24, 2.45) is 4.99 Å². The molecule has 2 amide bonds. The van der Waals surface area contributed by atoms with Crippen molar-refractivity contribution in [3.05, 3.63) is 12.2 Å². The first kappa shape index (κ1) is 13.3. The lowest BCUT2D eigenvalue weighted by atomic mass is 10.1. The van der Waals surface area contributed by atoms with Gasteiger partial charge in [-0.05, 0) is 0 Å². The fourth-order valence-electron chi connectivity index (χ4n) is 2.72. The van der Waals surface area contributed by atoms with E-state index in [0.29, 0.717) is 0 Å². The Morgan fingerprint density at radius 1 is 1.40 bits per heavy atom. The average molecular weight is 299 g/mol. The molecular formula is C11H13N3O5S. The van der Waals surface area contributed by atoms with E-state index in [9.17, 15) is 18.0 Å². The van der Waals surface area contributed by atoms with E-state index in [1.54, 1.807) is 6.08 Å². The van der Waals surface area contributed by atoms with Crippen LogP contribution in [0.25, 0.3) is 0 Å². The van der Waals surface area contributed by atoms with Gasteiger partial charge in [0.15, 0.2) is 0 Å². The van der Waals surface area contributed by atoms with Crippen LogP contribution in [0.4, 0.5) is 0 Å². The molecule has 3 rings (SSSR count). The van der Waals surface area contributed by atoms with E-state index >= 15 is 0 Å². The summed E-state index contributed by atoms with van der Waals surface area (Å²) in [6, 6.07) is -0.783. The summed E-state index contributed by atoms with van der Waals surface area (Å²) in [5.74, 6) is -0.540. The van der Waals surface area contributed by atoms with Crippen LogP contribution in [0.1, 0.15) is 0 Å². The molecule has 0 aromatic carbocycles. The van der Waals surface area contributed by atoms with Gasteiger partial charge in [-0.15, -0.1) is 0 Å². The highest BCUT2D eigenvalue weighted by Gasteiger charge is 2.50. The second kappa shape index (κ2) is 4.38. The molecule has 20 heavy (non-hydrogen) atoms. The second-order valence-corrected chi connectivity index (χ2v) is 6.56. The van der Waals surface area contributed by atoms with Gasteiger partial charge >= 0.3 is 0 Å². The minimum absolute atomic E-state index is 0.161. The average Bonchev–Trinajstić information content (AvgIpc) is 2.75. The van der Waals surface area contributed by atoms with Crippen LogP contribution in [-0.2, 0) is 23.9 Å². The highest BCUT2D eigenvalue weighted by Crippen LogP contribution is 2.30. The molecule has 3 atom stereocenters. The van der Waals surface area contributed by atoms with Gasteiger partial charge in [0.25, 0.3) is 16.0 Å². The zero-order chi connectivity index (χ0) is 14.5. The Hall–Kier alpha value is -1.74. The molecule has 0 saturated carbocycles. The van der Waals surface area contributed by atoms with Crippen molar-refractivity contribution < 1.29 is 22.2 Å². The van der Waals surface area contributed by atoms with Crippen LogP contribution in [0.3, 0.4) is 0 Å². The topological polar surface area (TPSA) is 96.4 Å². The summed E-state index contributed by atoms with van der Waals surface area (Å²) >= 11 is 0. The van der Waals surface area contributed by atoms with Gasteiger partial charge in [-0.25, -0.2) is 0 Å². The maximum Gasteiger partial charge on any atom is 0.266 e. The van der Waals surface area contributed by atoms with Gasteiger partial charge in [0.05, 0.1) is 25.1 Å². The largest absolute Gasteiger partial charge is 0.314 e. The molecule has 0 spiro atoms. The van der Waals surface area contributed by atoms with E-state index in [-0.39, 0.29) is 31.0 Å². The quantitative estimate of drug-likeness (QED) is 0.582. The third-order valence-corrected chi connectivity index (χ3v) is 4.08. The van der Waals surface area contributed by atoms with Crippen LogP contribution in [0.5, 0.6) is 0 Å². The van der Waals surface area contributed by atoms with Gasteiger partial charge in [-0.3, -0.25) is 18.8 Å². The standard InChI is InChI=1S/C11H13N3O5S/c1-20(17,18)19-6-7-5-13-9(15)3-2-8-11(13)14(7)10(16)4-12-8/h2-4,7-8,11H,5-6H2,1H3. The Bertz CT molecular complexity index is 626. The highest BCUT2D eigenvalue weighted by atomic mass is 32.2. The van der Waals surface area contributed by atoms with Crippen molar-refractivity contribution in [1.29, 1.82) is 0 Å². The van der Waals surface area contributed by atoms with E-state index in [1.165, 1.54) is 22.1 Å². The van der Waals surface area contributed by atoms with Gasteiger partial charge in [0.2, 0.25) is 5.91 Å². The minimum atomic E-state index is -3.59. The number of nitrogens with zero attached hydrogens (tertiary/aromatic N) is 3. The molecule has 0 aromatic heterocycles. The minimum Gasteiger partial charge on any atom is -0.314 e. The van der Waals surface area contributed by atoms with Gasteiger partial charge in [0, 0.05) is 12.6 Å². The molecule has 3 aliphatic rings. The van der Waals surface area contributed by atoms with E-state index in [4.69, 9.17) is 4.18 Å². The lowest BCUT2D eigenvalue weighted by Crippen LogP contribution is -2.56. The Morgan fingerprint density at radius 2 is 2.15 bits per heavy atom. The zero-order valence-corrected chi connectivity index (χ0v) is 11.5. The van der Waals surface area contributed by atoms with Gasteiger partial charge in [0.1, 0.15) is 12.2 Å². The summed E-state index contributed by atoms with van der Waals surface area (Å²) in [5.41, 5.74) is 0. The Kier molecular flexibility index (Phi) is 2.91. The molecule has 0 bridgehead atoms.